The molecule has 6 atom stereocenters. The normalized spacial score (nSPS) is 19.9. The molecule has 6 aromatic heterocycles. The van der Waals surface area contributed by atoms with Gasteiger partial charge in [-0.1, -0.05) is 41.5 Å². The fraction of sp³-hybridized carbons (Fsp3) is 0.308. The lowest BCUT2D eigenvalue weighted by Gasteiger charge is -2.29. The molecule has 12 heterocycles. The first kappa shape index (κ1) is 105. The van der Waals surface area contributed by atoms with Gasteiger partial charge in [-0.05, 0) is 332 Å². The third-order valence-electron chi connectivity index (χ3n) is 30.1. The van der Waals surface area contributed by atoms with Crippen molar-refractivity contribution in [2.45, 2.75) is 207 Å². The lowest BCUT2D eigenvalue weighted by atomic mass is 9.74. The third kappa shape index (κ3) is 21.4. The number of aryl methyl sites for hydroxylation is 7. The van der Waals surface area contributed by atoms with Gasteiger partial charge in [0.2, 0.25) is 0 Å². The molecule has 0 radical (unpaired) electrons. The Kier molecular flexibility index (Phi) is 29.2. The van der Waals surface area contributed by atoms with E-state index in [-0.39, 0.29) is 63.6 Å². The number of benzene rings is 6. The number of amides is 6. The number of fused-ring (bicyclic) bond motifs is 12. The Bertz CT molecular complexity index is 8150. The summed E-state index contributed by atoms with van der Waals surface area (Å²) in [5.74, 6) is -0.446. The largest absolute Gasteiger partial charge is 0.359 e. The average molecular weight is 2130 g/mol. The van der Waals surface area contributed by atoms with E-state index < -0.39 is 64.8 Å². The highest BCUT2D eigenvalue weighted by atomic mass is 32.2. The van der Waals surface area contributed by atoms with E-state index >= 15 is 0 Å². The summed E-state index contributed by atoms with van der Waals surface area (Å²) in [6, 6.07) is 38.5. The van der Waals surface area contributed by atoms with Gasteiger partial charge in [0.05, 0.1) is 44.2 Å². The summed E-state index contributed by atoms with van der Waals surface area (Å²) in [6.07, 6.45) is 38.7. The molecule has 12 aliphatic rings. The van der Waals surface area contributed by atoms with Crippen LogP contribution in [0, 0.1) is 37.0 Å². The van der Waals surface area contributed by atoms with Crippen molar-refractivity contribution >= 4 is 222 Å². The van der Waals surface area contributed by atoms with Gasteiger partial charge in [-0.2, -0.15) is 0 Å². The van der Waals surface area contributed by atoms with Gasteiger partial charge in [0.1, 0.15) is 0 Å². The molecule has 6 amide bonds. The molecule has 27 nitrogen and oxygen atoms in total. The maximum absolute atomic E-state index is 12.8. The molecule has 12 N–H and O–H groups in total. The minimum Gasteiger partial charge on any atom is -0.359 e. The number of anilines is 6. The van der Waals surface area contributed by atoms with Gasteiger partial charge in [-0.15, -0.1) is 0 Å². The van der Waals surface area contributed by atoms with E-state index in [0.717, 1.165) is 215 Å². The minimum atomic E-state index is -1.12. The van der Waals surface area contributed by atoms with E-state index in [4.69, 9.17) is 0 Å². The molecule has 12 aromatic rings. The third-order valence-corrected chi connectivity index (χ3v) is 35.7. The van der Waals surface area contributed by atoms with Gasteiger partial charge < -0.3 is 61.8 Å². The number of ketones is 3. The molecule has 0 spiro atoms. The van der Waals surface area contributed by atoms with Crippen molar-refractivity contribution in [2.75, 3.05) is 69.4 Å². The van der Waals surface area contributed by atoms with Crippen molar-refractivity contribution in [3.05, 3.63) is 279 Å². The van der Waals surface area contributed by atoms with Crippen LogP contribution in [0.25, 0.3) is 69.9 Å². The summed E-state index contributed by atoms with van der Waals surface area (Å²) < 4.78 is 70.7. The molecule has 6 aliphatic heterocycles. The Morgan fingerprint density at radius 2 is 0.627 bits per heavy atom. The van der Waals surface area contributed by atoms with Crippen molar-refractivity contribution in [1.82, 2.24) is 29.9 Å². The quantitative estimate of drug-likeness (QED) is 0.0506. The van der Waals surface area contributed by atoms with E-state index in [1.165, 1.54) is 71.4 Å². The minimum absolute atomic E-state index is 0.0588. The Morgan fingerprint density at radius 1 is 0.273 bits per heavy atom. The second-order valence-corrected chi connectivity index (χ2v) is 50.7. The van der Waals surface area contributed by atoms with Crippen molar-refractivity contribution in [1.29, 1.82) is 0 Å². The molecule has 150 heavy (non-hydrogen) atoms. The second kappa shape index (κ2) is 41.8. The van der Waals surface area contributed by atoms with E-state index in [1.54, 1.807) is 122 Å². The van der Waals surface area contributed by atoms with Gasteiger partial charge in [-0.25, -0.2) is 0 Å². The van der Waals surface area contributed by atoms with Gasteiger partial charge in [0.25, 0.3) is 35.4 Å². The lowest BCUT2D eigenvalue weighted by molar-refractivity contribution is -0.111. The Hall–Kier alpha value is -13.8. The van der Waals surface area contributed by atoms with Crippen molar-refractivity contribution < 1.29 is 68.4 Å². The van der Waals surface area contributed by atoms with Crippen LogP contribution >= 0.6 is 0 Å². The molecule has 6 aromatic carbocycles. The summed E-state index contributed by atoms with van der Waals surface area (Å²) in [5.41, 5.74) is 33.9. The monoisotopic (exact) mass is 2120 g/mol. The summed E-state index contributed by atoms with van der Waals surface area (Å²) in [4.78, 5) is 136. The number of hydrogen-bond donors (Lipinski definition) is 12. The number of H-pyrrole nitrogens is 6. The van der Waals surface area contributed by atoms with Gasteiger partial charge in [-0.3, -0.25) is 68.4 Å². The molecule has 24 rings (SSSR count). The summed E-state index contributed by atoms with van der Waals surface area (Å²) in [5, 5.41) is 17.2. The molecular formula is C117H120N12O15S6. The predicted molar refractivity (Wildman–Crippen MR) is 600 cm³/mol. The lowest BCUT2D eigenvalue weighted by Crippen LogP contribution is -2.30. The summed E-state index contributed by atoms with van der Waals surface area (Å²) in [7, 11) is -6.57. The van der Waals surface area contributed by atoms with Crippen molar-refractivity contribution in [3.63, 3.8) is 0 Å². The molecule has 0 saturated carbocycles. The van der Waals surface area contributed by atoms with Crippen LogP contribution in [-0.4, -0.2) is 145 Å². The summed E-state index contributed by atoms with van der Waals surface area (Å²) in [6.45, 7) is 18.7. The fourth-order valence-corrected chi connectivity index (χ4v) is 25.4. The van der Waals surface area contributed by atoms with Crippen molar-refractivity contribution in [3.8, 4) is 0 Å². The van der Waals surface area contributed by atoms with Crippen LogP contribution in [0.4, 0.5) is 34.1 Å². The van der Waals surface area contributed by atoms with E-state index in [0.29, 0.717) is 83.4 Å². The maximum Gasteiger partial charge on any atom is 0.256 e. The Morgan fingerprint density at radius 3 is 1.05 bits per heavy atom. The number of Topliss-reactive ketones (excluding diaryl/α,β-unsaturated/α-hetero) is 3. The van der Waals surface area contributed by atoms with Crippen LogP contribution < -0.4 is 31.9 Å². The predicted octanol–water partition coefficient (Wildman–Crippen LogP) is 20.5. The molecule has 0 fully saturated rings. The van der Waals surface area contributed by atoms with E-state index in [2.05, 4.69) is 109 Å². The molecule has 774 valence electrons. The Labute approximate surface area is 885 Å². The highest BCUT2D eigenvalue weighted by Gasteiger charge is 2.41. The SMILES string of the molecule is CS(=O)c1ccc2c(c1)/C(=C/c1cc3c([nH]1)CC(C)(C)CC3=O)C(=O)N2.CS(=O)c1ccc2c(c1)/C(=C/c1cc3c([nH]1)CCCC3)C(=O)N2.CS(=O)c1ccc2c(c1)/C(=C/c1cc3c([nH]1)CCCC3=O)C(=O)N2.Cc1c(/C=C2\C(=O)Nc3ccc(S(C)=O)cc32)[nH]c2c1C(=O)C(C)(C)CC2.Cc1c(/C=C2\C(=O)Nc3ccc(S(C)=O)cc32)[nH]c2c1CC(C)(C)CC2.Cc1c(S(C)=O)ccc2c1/C(=C/c1cc3c([nH]1)CCCC3)C(=O)N2. The van der Waals surface area contributed by atoms with Gasteiger partial charge in [0.15, 0.2) is 17.3 Å². The van der Waals surface area contributed by atoms with Crippen LogP contribution in [0.15, 0.2) is 157 Å². The second-order valence-electron chi connectivity index (χ2n) is 42.5. The van der Waals surface area contributed by atoms with Crippen molar-refractivity contribution in [2.24, 2.45) is 16.2 Å². The standard InChI is InChI=1S/C21H22N2O3S.C21H24N2O2S.C20H20N2O3S.C19H20N2O2S.C18H16N2O3S.C18H18N2O2S/c1-11-17(22-16-7-8-21(2,3)19(24)18(11)16)10-14-13-9-12(27(4)26)5-6-15(13)23-20(14)25;1-12-16-11-21(2,3)8-7-18(16)22-19(12)10-15-14-9-13(26(4)25)5-6-17(14)23-20(15)24;1-20(2)9-17-15(18(23)10-20)7-11(21-17)6-14-13-8-12(26(3)25)4-5-16(13)22-19(14)24;1-11-17(24(2)23)8-7-16-18(11)14(19(22)21-16)10-13-9-12-5-3-4-6-15(12)20-13;1-24(23)11-5-6-16-12(9-11)13(18(22)20-16)7-10-8-14-15(19-10)3-2-4-17(14)21;1-23(22)13-6-7-17-14(10-13)15(18(21)20-17)9-12-8-11-4-2-3-5-16(11)19-12/h5-6,9-10,22H,7-8H2,1-4H3,(H,23,25);5-6,9-10,22H,7-8,11H2,1-4H3,(H,23,24);4-8,21H,9-10H2,1-3H3,(H,22,24);7-10,20H,3-6H2,1-2H3,(H,21,22);5-9,19H,2-4H2,1H3,(H,20,22);6-10,19H,2-5H2,1H3,(H,20,21)/b14-10-;15-10-;14-6-;14-10-;13-7-;15-9-. The fourth-order valence-electron chi connectivity index (χ4n) is 21.9. The number of nitrogens with one attached hydrogen (secondary N) is 12. The van der Waals surface area contributed by atoms with E-state index in [1.807, 2.05) is 94.5 Å². The summed E-state index contributed by atoms with van der Waals surface area (Å²) >= 11 is 0. The first-order valence-corrected chi connectivity index (χ1v) is 59.6. The van der Waals surface area contributed by atoms with Crippen LogP contribution in [0.3, 0.4) is 0 Å². The maximum atomic E-state index is 12.8. The topological polar surface area (TPSA) is 423 Å². The number of carbonyl (C=O) groups is 9. The molecule has 0 bridgehead atoms. The first-order chi connectivity index (χ1) is 71.3. The first-order valence-electron chi connectivity index (χ1n) is 50.3. The number of aromatic nitrogens is 6. The number of carbonyl (C=O) groups excluding carboxylic acids is 9. The van der Waals surface area contributed by atoms with Crippen LogP contribution in [0.5, 0.6) is 0 Å². The molecule has 0 saturated heterocycles. The zero-order valence-electron chi connectivity index (χ0n) is 86.4. The van der Waals surface area contributed by atoms with Crippen LogP contribution in [-0.2, 0) is 151 Å². The Balaban J connectivity index is 0.000000113. The zero-order valence-corrected chi connectivity index (χ0v) is 91.3. The number of aromatic amines is 6. The molecule has 33 heteroatoms. The van der Waals surface area contributed by atoms with Crippen LogP contribution in [0.1, 0.15) is 265 Å². The molecular weight excluding hydrogens is 2010 g/mol. The zero-order chi connectivity index (χ0) is 106. The smallest absolute Gasteiger partial charge is 0.256 e. The number of rotatable bonds is 12. The highest BCUT2D eigenvalue weighted by Crippen LogP contribution is 2.47. The van der Waals surface area contributed by atoms with Gasteiger partial charge in [0, 0.05) is 292 Å². The van der Waals surface area contributed by atoms with Gasteiger partial charge >= 0.3 is 0 Å². The molecule has 6 unspecified atom stereocenters. The highest BCUT2D eigenvalue weighted by molar-refractivity contribution is 7.85. The average Bonchev–Trinajstić information content (AvgIpc) is 1.60. The van der Waals surface area contributed by atoms with Crippen LogP contribution in [0.2, 0.25) is 0 Å². The number of hydrogen-bond acceptors (Lipinski definition) is 15. The molecule has 6 aliphatic carbocycles. The van der Waals surface area contributed by atoms with E-state index in [9.17, 15) is 68.4 Å².